The number of nitrogens with zero attached hydrogens (tertiary/aromatic N) is 2. The molecule has 17 heavy (non-hydrogen) atoms. The first-order valence-corrected chi connectivity index (χ1v) is 7.06. The Morgan fingerprint density at radius 2 is 2.18 bits per heavy atom. The molecule has 0 saturated heterocycles. The maximum absolute atomic E-state index is 5.96. The molecule has 1 N–H and O–H groups in total. The van der Waals surface area contributed by atoms with Crippen LogP contribution in [0.4, 0.5) is 0 Å². The second-order valence-corrected chi connectivity index (χ2v) is 5.38. The smallest absolute Gasteiger partial charge is 0.0814 e. The van der Waals surface area contributed by atoms with E-state index in [9.17, 15) is 0 Å². The highest BCUT2D eigenvalue weighted by Crippen LogP contribution is 2.17. The van der Waals surface area contributed by atoms with Gasteiger partial charge in [-0.25, -0.2) is 0 Å². The van der Waals surface area contributed by atoms with Gasteiger partial charge in [0.05, 0.1) is 10.7 Å². The number of hydrogen-bond donors (Lipinski definition) is 1. The van der Waals surface area contributed by atoms with Crippen LogP contribution in [0.15, 0.2) is 6.20 Å². The highest BCUT2D eigenvalue weighted by Gasteiger charge is 2.11. The molecular formula is C13H22ClN3. The van der Waals surface area contributed by atoms with Crippen LogP contribution in [0.2, 0.25) is 5.02 Å². The number of hydrogen-bond acceptors (Lipinski definition) is 2. The van der Waals surface area contributed by atoms with Crippen molar-refractivity contribution in [2.45, 2.75) is 58.0 Å². The second kappa shape index (κ2) is 6.41. The quantitative estimate of drug-likeness (QED) is 0.820. The summed E-state index contributed by atoms with van der Waals surface area (Å²) in [6.07, 6.45) is 9.95. The van der Waals surface area contributed by atoms with Crippen molar-refractivity contribution in [3.05, 3.63) is 16.9 Å². The molecule has 1 saturated carbocycles. The van der Waals surface area contributed by atoms with E-state index < -0.39 is 0 Å². The van der Waals surface area contributed by atoms with Gasteiger partial charge in [0.2, 0.25) is 0 Å². The predicted octanol–water partition coefficient (Wildman–Crippen LogP) is 3.16. The summed E-state index contributed by atoms with van der Waals surface area (Å²) in [7, 11) is 0. The maximum Gasteiger partial charge on any atom is 0.0814 e. The molecule has 0 radical (unpaired) electrons. The van der Waals surface area contributed by atoms with Crippen molar-refractivity contribution in [3.8, 4) is 0 Å². The van der Waals surface area contributed by atoms with E-state index in [1.54, 1.807) is 0 Å². The Morgan fingerprint density at radius 1 is 1.41 bits per heavy atom. The Morgan fingerprint density at radius 3 is 2.82 bits per heavy atom. The minimum Gasteiger partial charge on any atom is -0.314 e. The topological polar surface area (TPSA) is 29.9 Å². The van der Waals surface area contributed by atoms with E-state index in [1.807, 2.05) is 17.8 Å². The van der Waals surface area contributed by atoms with Gasteiger partial charge in [0, 0.05) is 18.8 Å². The number of aromatic nitrogens is 2. The van der Waals surface area contributed by atoms with Crippen LogP contribution in [-0.4, -0.2) is 22.4 Å². The monoisotopic (exact) mass is 255 g/mol. The van der Waals surface area contributed by atoms with E-state index in [1.165, 1.54) is 32.1 Å². The van der Waals surface area contributed by atoms with Gasteiger partial charge in [-0.2, -0.15) is 5.10 Å². The molecule has 0 spiro atoms. The average Bonchev–Trinajstić information content (AvgIpc) is 2.66. The predicted molar refractivity (Wildman–Crippen MR) is 71.5 cm³/mol. The first-order chi connectivity index (χ1) is 8.25. The van der Waals surface area contributed by atoms with E-state index in [0.717, 1.165) is 36.3 Å². The van der Waals surface area contributed by atoms with E-state index in [0.29, 0.717) is 0 Å². The summed E-state index contributed by atoms with van der Waals surface area (Å²) >= 11 is 5.96. The standard InChI is InChI=1S/C13H22ClN3/c1-11-13(14)10-17(16-11)9-5-8-15-12-6-3-2-4-7-12/h10,12,15H,2-9H2,1H3. The zero-order chi connectivity index (χ0) is 12.1. The molecule has 0 bridgehead atoms. The third-order valence-corrected chi connectivity index (χ3v) is 3.86. The molecule has 0 unspecified atom stereocenters. The highest BCUT2D eigenvalue weighted by molar-refractivity contribution is 6.31. The van der Waals surface area contributed by atoms with Gasteiger partial charge in [0.1, 0.15) is 0 Å². The second-order valence-electron chi connectivity index (χ2n) is 4.97. The third kappa shape index (κ3) is 4.00. The molecule has 1 aromatic rings. The first kappa shape index (κ1) is 12.9. The zero-order valence-corrected chi connectivity index (χ0v) is 11.3. The van der Waals surface area contributed by atoms with Gasteiger partial charge in [-0.05, 0) is 32.7 Å². The highest BCUT2D eigenvalue weighted by atomic mass is 35.5. The minimum absolute atomic E-state index is 0.756. The normalized spacial score (nSPS) is 17.5. The summed E-state index contributed by atoms with van der Waals surface area (Å²) in [6.45, 7) is 3.98. The number of aryl methyl sites for hydroxylation is 2. The molecule has 0 amide bonds. The van der Waals surface area contributed by atoms with E-state index in [4.69, 9.17) is 11.6 Å². The van der Waals surface area contributed by atoms with Crippen LogP contribution < -0.4 is 5.32 Å². The summed E-state index contributed by atoms with van der Waals surface area (Å²) in [5, 5.41) is 8.76. The van der Waals surface area contributed by atoms with Crippen molar-refractivity contribution in [1.29, 1.82) is 0 Å². The van der Waals surface area contributed by atoms with Crippen molar-refractivity contribution < 1.29 is 0 Å². The lowest BCUT2D eigenvalue weighted by atomic mass is 9.95. The van der Waals surface area contributed by atoms with Gasteiger partial charge < -0.3 is 5.32 Å². The maximum atomic E-state index is 5.96. The molecule has 96 valence electrons. The summed E-state index contributed by atoms with van der Waals surface area (Å²) in [6, 6.07) is 0.756. The average molecular weight is 256 g/mol. The molecule has 0 atom stereocenters. The number of halogens is 1. The van der Waals surface area contributed by atoms with Gasteiger partial charge in [0.25, 0.3) is 0 Å². The van der Waals surface area contributed by atoms with Gasteiger partial charge in [-0.1, -0.05) is 30.9 Å². The summed E-state index contributed by atoms with van der Waals surface area (Å²) in [4.78, 5) is 0. The van der Waals surface area contributed by atoms with Crippen LogP contribution in [-0.2, 0) is 6.54 Å². The van der Waals surface area contributed by atoms with Crippen LogP contribution in [0, 0.1) is 6.92 Å². The molecule has 1 aliphatic carbocycles. The molecule has 1 fully saturated rings. The fourth-order valence-electron chi connectivity index (χ4n) is 2.46. The molecule has 2 rings (SSSR count). The number of nitrogens with one attached hydrogen (secondary N) is 1. The van der Waals surface area contributed by atoms with Crippen molar-refractivity contribution in [2.75, 3.05) is 6.54 Å². The molecule has 3 nitrogen and oxygen atoms in total. The van der Waals surface area contributed by atoms with E-state index >= 15 is 0 Å². The summed E-state index contributed by atoms with van der Waals surface area (Å²) < 4.78 is 1.94. The van der Waals surface area contributed by atoms with Crippen LogP contribution in [0.25, 0.3) is 0 Å². The van der Waals surface area contributed by atoms with Gasteiger partial charge >= 0.3 is 0 Å². The largest absolute Gasteiger partial charge is 0.314 e. The molecular weight excluding hydrogens is 234 g/mol. The lowest BCUT2D eigenvalue weighted by Crippen LogP contribution is -2.32. The SMILES string of the molecule is Cc1nn(CCCNC2CCCCC2)cc1Cl. The van der Waals surface area contributed by atoms with Crippen LogP contribution in [0.1, 0.15) is 44.2 Å². The van der Waals surface area contributed by atoms with Crippen molar-refractivity contribution in [1.82, 2.24) is 15.1 Å². The van der Waals surface area contributed by atoms with Gasteiger partial charge in [-0.15, -0.1) is 0 Å². The number of rotatable bonds is 5. The molecule has 4 heteroatoms. The van der Waals surface area contributed by atoms with Crippen molar-refractivity contribution in [3.63, 3.8) is 0 Å². The van der Waals surface area contributed by atoms with Gasteiger partial charge in [-0.3, -0.25) is 4.68 Å². The Kier molecular flexibility index (Phi) is 4.86. The molecule has 0 aliphatic heterocycles. The van der Waals surface area contributed by atoms with Crippen molar-refractivity contribution in [2.24, 2.45) is 0 Å². The Bertz CT molecular complexity index is 323. The van der Waals surface area contributed by atoms with Crippen LogP contribution in [0.5, 0.6) is 0 Å². The minimum atomic E-state index is 0.756. The third-order valence-electron chi connectivity index (χ3n) is 3.49. The molecule has 1 heterocycles. The first-order valence-electron chi connectivity index (χ1n) is 6.68. The zero-order valence-electron chi connectivity index (χ0n) is 10.6. The van der Waals surface area contributed by atoms with Crippen molar-refractivity contribution >= 4 is 11.6 Å². The lowest BCUT2D eigenvalue weighted by Gasteiger charge is -2.22. The Hall–Kier alpha value is -0.540. The lowest BCUT2D eigenvalue weighted by molar-refractivity contribution is 0.367. The molecule has 1 aromatic heterocycles. The van der Waals surface area contributed by atoms with E-state index in [2.05, 4.69) is 10.4 Å². The Balaban J connectivity index is 1.62. The fourth-order valence-corrected chi connectivity index (χ4v) is 2.61. The summed E-state index contributed by atoms with van der Waals surface area (Å²) in [5.74, 6) is 0. The Labute approximate surface area is 109 Å². The summed E-state index contributed by atoms with van der Waals surface area (Å²) in [5.41, 5.74) is 0.923. The molecule has 1 aliphatic rings. The van der Waals surface area contributed by atoms with Crippen LogP contribution in [0.3, 0.4) is 0 Å². The fraction of sp³-hybridized carbons (Fsp3) is 0.769. The molecule has 0 aromatic carbocycles. The van der Waals surface area contributed by atoms with Crippen LogP contribution >= 0.6 is 11.6 Å². The van der Waals surface area contributed by atoms with Gasteiger partial charge in [0.15, 0.2) is 0 Å². The van der Waals surface area contributed by atoms with E-state index in [-0.39, 0.29) is 0 Å².